The van der Waals surface area contributed by atoms with Crippen molar-refractivity contribution in [2.75, 3.05) is 20.2 Å². The van der Waals surface area contributed by atoms with Gasteiger partial charge in [0.15, 0.2) is 0 Å². The van der Waals surface area contributed by atoms with Gasteiger partial charge in [0.1, 0.15) is 5.75 Å². The second-order valence-corrected chi connectivity index (χ2v) is 6.63. The molecular formula is C18H26N2O3. The molecule has 2 heterocycles. The average molecular weight is 318 g/mol. The molecule has 0 saturated carbocycles. The van der Waals surface area contributed by atoms with Gasteiger partial charge in [0, 0.05) is 18.6 Å². The quantitative estimate of drug-likeness (QED) is 0.831. The molecule has 5 heteroatoms. The van der Waals surface area contributed by atoms with E-state index in [4.69, 9.17) is 4.74 Å². The third-order valence-electron chi connectivity index (χ3n) is 5.08. The van der Waals surface area contributed by atoms with Crippen LogP contribution in [0.4, 0.5) is 0 Å². The molecule has 1 amide bonds. The number of amides is 1. The highest BCUT2D eigenvalue weighted by molar-refractivity contribution is 5.78. The van der Waals surface area contributed by atoms with E-state index in [0.29, 0.717) is 25.2 Å². The third kappa shape index (κ3) is 4.03. The minimum atomic E-state index is -0.179. The fraction of sp³-hybridized carbons (Fsp3) is 0.611. The number of ether oxygens (including phenoxy) is 1. The second kappa shape index (κ2) is 7.32. The normalized spacial score (nSPS) is 27.0. The molecule has 0 aromatic heterocycles. The molecule has 1 unspecified atom stereocenters. The van der Waals surface area contributed by atoms with Gasteiger partial charge < -0.3 is 15.2 Å². The molecule has 2 bridgehead atoms. The van der Waals surface area contributed by atoms with E-state index in [1.807, 2.05) is 24.3 Å². The first-order chi connectivity index (χ1) is 11.2. The topological polar surface area (TPSA) is 61.8 Å². The highest BCUT2D eigenvalue weighted by atomic mass is 16.5. The van der Waals surface area contributed by atoms with Crippen molar-refractivity contribution in [1.29, 1.82) is 0 Å². The number of aliphatic hydroxyl groups is 1. The molecule has 0 radical (unpaired) electrons. The molecule has 0 spiro atoms. The number of nitrogens with zero attached hydrogens (tertiary/aromatic N) is 1. The Morgan fingerprint density at radius 1 is 1.26 bits per heavy atom. The van der Waals surface area contributed by atoms with Crippen LogP contribution in [0.5, 0.6) is 5.75 Å². The van der Waals surface area contributed by atoms with Gasteiger partial charge in [-0.2, -0.15) is 0 Å². The fourth-order valence-electron chi connectivity index (χ4n) is 3.86. The molecule has 1 aromatic rings. The molecule has 2 N–H and O–H groups in total. The number of hydrogen-bond acceptors (Lipinski definition) is 4. The molecule has 3 atom stereocenters. The number of carbonyl (C=O) groups excluding carboxylic acids is 1. The largest absolute Gasteiger partial charge is 0.497 e. The number of nitrogens with one attached hydrogen (secondary N) is 1. The van der Waals surface area contributed by atoms with Gasteiger partial charge in [-0.25, -0.2) is 0 Å². The zero-order valence-electron chi connectivity index (χ0n) is 13.7. The fourth-order valence-corrected chi connectivity index (χ4v) is 3.86. The Bertz CT molecular complexity index is 518. The monoisotopic (exact) mass is 318 g/mol. The van der Waals surface area contributed by atoms with Crippen molar-refractivity contribution in [1.82, 2.24) is 10.2 Å². The summed E-state index contributed by atoms with van der Waals surface area (Å²) in [5, 5.41) is 12.8. The molecule has 2 fully saturated rings. The molecule has 5 nitrogen and oxygen atoms in total. The van der Waals surface area contributed by atoms with E-state index < -0.39 is 0 Å². The van der Waals surface area contributed by atoms with Crippen LogP contribution in [0.2, 0.25) is 0 Å². The number of carbonyl (C=O) groups is 1. The van der Waals surface area contributed by atoms with Gasteiger partial charge in [0.2, 0.25) is 5.91 Å². The Morgan fingerprint density at radius 2 is 1.91 bits per heavy atom. The van der Waals surface area contributed by atoms with Gasteiger partial charge >= 0.3 is 0 Å². The number of hydrogen-bond donors (Lipinski definition) is 2. The first-order valence-corrected chi connectivity index (χ1v) is 8.49. The van der Waals surface area contributed by atoms with Crippen molar-refractivity contribution in [2.45, 2.75) is 50.3 Å². The van der Waals surface area contributed by atoms with E-state index in [-0.39, 0.29) is 12.0 Å². The molecular weight excluding hydrogens is 292 g/mol. The maximum absolute atomic E-state index is 12.2. The van der Waals surface area contributed by atoms with Crippen molar-refractivity contribution in [3.05, 3.63) is 29.8 Å². The van der Waals surface area contributed by atoms with Crippen LogP contribution in [0.15, 0.2) is 24.3 Å². The standard InChI is InChI=1S/C18H26N2O3/c1-23-17-6-2-13(3-7-17)8-9-19-18(22)12-20-14-4-5-15(20)11-16(21)10-14/h2-3,6-7,14-16,21H,4-5,8-12H2,1H3,(H,19,22)/t14-,15+,16?. The van der Waals surface area contributed by atoms with Crippen molar-refractivity contribution in [3.63, 3.8) is 0 Å². The van der Waals surface area contributed by atoms with Crippen LogP contribution in [-0.4, -0.2) is 54.3 Å². The van der Waals surface area contributed by atoms with Crippen LogP contribution in [-0.2, 0) is 11.2 Å². The Kier molecular flexibility index (Phi) is 5.18. The number of aliphatic hydroxyl groups excluding tert-OH is 1. The highest BCUT2D eigenvalue weighted by Crippen LogP contribution is 2.35. The maximum Gasteiger partial charge on any atom is 0.234 e. The summed E-state index contributed by atoms with van der Waals surface area (Å²) >= 11 is 0. The van der Waals surface area contributed by atoms with Crippen LogP contribution in [0.1, 0.15) is 31.2 Å². The zero-order chi connectivity index (χ0) is 16.2. The SMILES string of the molecule is COc1ccc(CCNC(=O)CN2[C@@H]3CC[C@H]2CC(O)C3)cc1. The number of fused-ring (bicyclic) bond motifs is 2. The number of benzene rings is 1. The lowest BCUT2D eigenvalue weighted by Crippen LogP contribution is -2.49. The molecule has 2 aliphatic heterocycles. The summed E-state index contributed by atoms with van der Waals surface area (Å²) in [5.41, 5.74) is 1.19. The zero-order valence-corrected chi connectivity index (χ0v) is 13.7. The molecule has 3 rings (SSSR count). The van der Waals surface area contributed by atoms with E-state index in [1.54, 1.807) is 7.11 Å². The van der Waals surface area contributed by atoms with Gasteiger partial charge in [-0.05, 0) is 49.8 Å². The van der Waals surface area contributed by atoms with Gasteiger partial charge in [0.25, 0.3) is 0 Å². The molecule has 2 saturated heterocycles. The van der Waals surface area contributed by atoms with E-state index >= 15 is 0 Å². The summed E-state index contributed by atoms with van der Waals surface area (Å²) in [6, 6.07) is 8.70. The average Bonchev–Trinajstić information content (AvgIpc) is 2.78. The summed E-state index contributed by atoms with van der Waals surface area (Å²) in [6.45, 7) is 1.11. The minimum absolute atomic E-state index is 0.0896. The Labute approximate surface area is 137 Å². The summed E-state index contributed by atoms with van der Waals surface area (Å²) in [5.74, 6) is 0.937. The Morgan fingerprint density at radius 3 is 2.52 bits per heavy atom. The second-order valence-electron chi connectivity index (χ2n) is 6.63. The van der Waals surface area contributed by atoms with Gasteiger partial charge in [0.05, 0.1) is 19.8 Å². The molecule has 1 aromatic carbocycles. The predicted octanol–water partition coefficient (Wildman–Crippen LogP) is 1.34. The van der Waals surface area contributed by atoms with Crippen LogP contribution >= 0.6 is 0 Å². The Hall–Kier alpha value is -1.59. The first-order valence-electron chi connectivity index (χ1n) is 8.49. The van der Waals surface area contributed by atoms with E-state index in [1.165, 1.54) is 5.56 Å². The van der Waals surface area contributed by atoms with Gasteiger partial charge in [-0.3, -0.25) is 9.69 Å². The van der Waals surface area contributed by atoms with Crippen LogP contribution in [0, 0.1) is 0 Å². The lowest BCUT2D eigenvalue weighted by molar-refractivity contribution is -0.124. The summed E-state index contributed by atoms with van der Waals surface area (Å²) < 4.78 is 5.14. The lowest BCUT2D eigenvalue weighted by Gasteiger charge is -2.36. The Balaban J connectivity index is 1.41. The van der Waals surface area contributed by atoms with Gasteiger partial charge in [-0.15, -0.1) is 0 Å². The van der Waals surface area contributed by atoms with Crippen molar-refractivity contribution >= 4 is 5.91 Å². The van der Waals surface area contributed by atoms with E-state index in [2.05, 4.69) is 10.2 Å². The molecule has 2 aliphatic rings. The first kappa shape index (κ1) is 16.3. The summed E-state index contributed by atoms with van der Waals surface area (Å²) in [6.07, 6.45) is 4.50. The lowest BCUT2D eigenvalue weighted by atomic mass is 10.00. The smallest absolute Gasteiger partial charge is 0.234 e. The van der Waals surface area contributed by atoms with E-state index in [9.17, 15) is 9.90 Å². The molecule has 126 valence electrons. The van der Waals surface area contributed by atoms with Crippen LogP contribution in [0.25, 0.3) is 0 Å². The molecule has 0 aliphatic carbocycles. The van der Waals surface area contributed by atoms with Crippen molar-refractivity contribution < 1.29 is 14.6 Å². The highest BCUT2D eigenvalue weighted by Gasteiger charge is 2.40. The number of piperidine rings is 1. The number of rotatable bonds is 6. The predicted molar refractivity (Wildman–Crippen MR) is 88.5 cm³/mol. The van der Waals surface area contributed by atoms with Crippen LogP contribution < -0.4 is 10.1 Å². The van der Waals surface area contributed by atoms with Crippen molar-refractivity contribution in [3.8, 4) is 5.75 Å². The van der Waals surface area contributed by atoms with E-state index in [0.717, 1.165) is 37.9 Å². The number of methoxy groups -OCH3 is 1. The van der Waals surface area contributed by atoms with Crippen molar-refractivity contribution in [2.24, 2.45) is 0 Å². The third-order valence-corrected chi connectivity index (χ3v) is 5.08. The van der Waals surface area contributed by atoms with Gasteiger partial charge in [-0.1, -0.05) is 12.1 Å². The minimum Gasteiger partial charge on any atom is -0.497 e. The summed E-state index contributed by atoms with van der Waals surface area (Å²) in [7, 11) is 1.65. The maximum atomic E-state index is 12.2. The van der Waals surface area contributed by atoms with Crippen LogP contribution in [0.3, 0.4) is 0 Å². The summed E-state index contributed by atoms with van der Waals surface area (Å²) in [4.78, 5) is 14.5. The molecule has 23 heavy (non-hydrogen) atoms.